The third-order valence-corrected chi connectivity index (χ3v) is 5.80. The molecule has 0 aromatic heterocycles. The first-order valence-electron chi connectivity index (χ1n) is 8.83. The minimum atomic E-state index is 0.124. The van der Waals surface area contributed by atoms with Crippen molar-refractivity contribution < 1.29 is 0 Å². The molecule has 0 fully saturated rings. The summed E-state index contributed by atoms with van der Waals surface area (Å²) in [4.78, 5) is 2.46. The highest BCUT2D eigenvalue weighted by molar-refractivity contribution is 5.71. The van der Waals surface area contributed by atoms with Gasteiger partial charge in [0.05, 0.1) is 0 Å². The molecule has 0 saturated carbocycles. The quantitative estimate of drug-likeness (QED) is 0.883. The van der Waals surface area contributed by atoms with E-state index in [9.17, 15) is 0 Å². The second-order valence-corrected chi connectivity index (χ2v) is 7.24. The number of nitrogens with one attached hydrogen (secondary N) is 1. The lowest BCUT2D eigenvalue weighted by molar-refractivity contribution is 0.516. The van der Waals surface area contributed by atoms with Crippen molar-refractivity contribution in [3.05, 3.63) is 58.7 Å². The Morgan fingerprint density at radius 2 is 1.87 bits per heavy atom. The SMILES string of the molecule is CCN(CC)c1cc(C)c2c(c1)C1c3ccccc3NC1(C)C2. The molecule has 2 aromatic rings. The van der Waals surface area contributed by atoms with Crippen LogP contribution in [0.1, 0.15) is 48.9 Å². The number of nitrogens with zero attached hydrogens (tertiary/aromatic N) is 1. The molecule has 1 heterocycles. The molecule has 2 unspecified atom stereocenters. The number of benzene rings is 2. The van der Waals surface area contributed by atoms with E-state index in [0.29, 0.717) is 5.92 Å². The molecule has 4 rings (SSSR count). The summed E-state index contributed by atoms with van der Waals surface area (Å²) in [7, 11) is 0. The second kappa shape index (κ2) is 5.02. The summed E-state index contributed by atoms with van der Waals surface area (Å²) in [5.74, 6) is 0.475. The molecule has 0 spiro atoms. The van der Waals surface area contributed by atoms with Crippen LogP contribution in [-0.4, -0.2) is 18.6 Å². The number of fused-ring (bicyclic) bond motifs is 5. The summed E-state index contributed by atoms with van der Waals surface area (Å²) in [6.07, 6.45) is 1.12. The fourth-order valence-electron chi connectivity index (χ4n) is 4.70. The standard InChI is InChI=1S/C21H26N2/c1-5-23(6-2)15-11-14(3)18-13-21(4)20(17(18)12-15)16-9-7-8-10-19(16)22-21/h7-12,20,22H,5-6,13H2,1-4H3. The number of rotatable bonds is 3. The molecule has 0 radical (unpaired) electrons. The molecule has 1 aliphatic heterocycles. The van der Waals surface area contributed by atoms with Crippen LogP contribution < -0.4 is 10.2 Å². The van der Waals surface area contributed by atoms with Gasteiger partial charge in [-0.25, -0.2) is 0 Å². The van der Waals surface area contributed by atoms with Gasteiger partial charge in [-0.1, -0.05) is 18.2 Å². The zero-order chi connectivity index (χ0) is 16.2. The zero-order valence-corrected chi connectivity index (χ0v) is 14.6. The molecule has 120 valence electrons. The van der Waals surface area contributed by atoms with Crippen LogP contribution in [0, 0.1) is 6.92 Å². The van der Waals surface area contributed by atoms with E-state index in [-0.39, 0.29) is 5.54 Å². The summed E-state index contributed by atoms with van der Waals surface area (Å²) in [6, 6.07) is 13.7. The van der Waals surface area contributed by atoms with Crippen molar-refractivity contribution in [2.24, 2.45) is 0 Å². The molecule has 2 nitrogen and oxygen atoms in total. The van der Waals surface area contributed by atoms with E-state index in [0.717, 1.165) is 19.5 Å². The second-order valence-electron chi connectivity index (χ2n) is 7.24. The van der Waals surface area contributed by atoms with E-state index < -0.39 is 0 Å². The van der Waals surface area contributed by atoms with E-state index in [2.05, 4.69) is 74.3 Å². The maximum absolute atomic E-state index is 3.81. The molecule has 2 aliphatic rings. The highest BCUT2D eigenvalue weighted by atomic mass is 15.1. The Hall–Kier alpha value is -1.96. The van der Waals surface area contributed by atoms with Gasteiger partial charge in [0.1, 0.15) is 0 Å². The first-order chi connectivity index (χ1) is 11.1. The Balaban J connectivity index is 1.88. The van der Waals surface area contributed by atoms with E-state index in [1.165, 1.54) is 28.1 Å². The summed E-state index contributed by atoms with van der Waals surface area (Å²) >= 11 is 0. The van der Waals surface area contributed by atoms with Gasteiger partial charge in [0.25, 0.3) is 0 Å². The Morgan fingerprint density at radius 1 is 1.13 bits per heavy atom. The van der Waals surface area contributed by atoms with Gasteiger partial charge in [0.2, 0.25) is 0 Å². The lowest BCUT2D eigenvalue weighted by Crippen LogP contribution is -2.34. The Labute approximate surface area is 139 Å². The average molecular weight is 306 g/mol. The zero-order valence-electron chi connectivity index (χ0n) is 14.6. The smallest absolute Gasteiger partial charge is 0.0495 e. The minimum Gasteiger partial charge on any atom is -0.378 e. The Morgan fingerprint density at radius 3 is 2.61 bits per heavy atom. The Bertz CT molecular complexity index is 760. The van der Waals surface area contributed by atoms with E-state index in [1.54, 1.807) is 5.56 Å². The van der Waals surface area contributed by atoms with Crippen LogP contribution in [0.2, 0.25) is 0 Å². The summed E-state index contributed by atoms with van der Waals surface area (Å²) < 4.78 is 0. The number of hydrogen-bond donors (Lipinski definition) is 1. The molecule has 23 heavy (non-hydrogen) atoms. The highest BCUT2D eigenvalue weighted by Crippen LogP contribution is 2.54. The van der Waals surface area contributed by atoms with Gasteiger partial charge in [0.15, 0.2) is 0 Å². The van der Waals surface area contributed by atoms with Gasteiger partial charge in [-0.3, -0.25) is 0 Å². The van der Waals surface area contributed by atoms with E-state index in [1.807, 2.05) is 0 Å². The van der Waals surface area contributed by atoms with E-state index in [4.69, 9.17) is 0 Å². The van der Waals surface area contributed by atoms with Gasteiger partial charge in [0, 0.05) is 35.9 Å². The van der Waals surface area contributed by atoms with Gasteiger partial charge in [-0.05, 0) is 74.6 Å². The van der Waals surface area contributed by atoms with Gasteiger partial charge < -0.3 is 10.2 Å². The fraction of sp³-hybridized carbons (Fsp3) is 0.429. The van der Waals surface area contributed by atoms with Crippen LogP contribution in [0.5, 0.6) is 0 Å². The molecule has 0 saturated heterocycles. The first kappa shape index (κ1) is 14.6. The minimum absolute atomic E-state index is 0.124. The third-order valence-electron chi connectivity index (χ3n) is 5.80. The molecule has 1 aliphatic carbocycles. The lowest BCUT2D eigenvalue weighted by Gasteiger charge is -2.26. The molecule has 0 bridgehead atoms. The predicted molar refractivity (Wildman–Crippen MR) is 98.8 cm³/mol. The summed E-state index contributed by atoms with van der Waals surface area (Å²) in [6.45, 7) is 11.3. The summed E-state index contributed by atoms with van der Waals surface area (Å²) in [5, 5.41) is 3.81. The van der Waals surface area contributed by atoms with Crippen molar-refractivity contribution in [1.29, 1.82) is 0 Å². The topological polar surface area (TPSA) is 15.3 Å². The first-order valence-corrected chi connectivity index (χ1v) is 8.83. The van der Waals surface area contributed by atoms with Crippen LogP contribution in [0.25, 0.3) is 0 Å². The van der Waals surface area contributed by atoms with Crippen molar-refractivity contribution >= 4 is 11.4 Å². The third kappa shape index (κ3) is 2.00. The molecule has 2 aromatic carbocycles. The summed E-state index contributed by atoms with van der Waals surface area (Å²) in [5.41, 5.74) is 8.81. The van der Waals surface area contributed by atoms with Crippen molar-refractivity contribution in [2.75, 3.05) is 23.3 Å². The monoisotopic (exact) mass is 306 g/mol. The van der Waals surface area contributed by atoms with Gasteiger partial charge in [-0.15, -0.1) is 0 Å². The molecular formula is C21H26N2. The van der Waals surface area contributed by atoms with Crippen LogP contribution in [0.15, 0.2) is 36.4 Å². The molecular weight excluding hydrogens is 280 g/mol. The number of anilines is 2. The highest BCUT2D eigenvalue weighted by Gasteiger charge is 2.49. The average Bonchev–Trinajstić information content (AvgIpc) is 2.98. The van der Waals surface area contributed by atoms with Crippen molar-refractivity contribution in [1.82, 2.24) is 0 Å². The van der Waals surface area contributed by atoms with Crippen molar-refractivity contribution in [3.63, 3.8) is 0 Å². The number of aryl methyl sites for hydroxylation is 1. The maximum atomic E-state index is 3.81. The van der Waals surface area contributed by atoms with Crippen LogP contribution in [0.3, 0.4) is 0 Å². The molecule has 0 amide bonds. The van der Waals surface area contributed by atoms with Crippen LogP contribution in [-0.2, 0) is 6.42 Å². The van der Waals surface area contributed by atoms with Crippen LogP contribution >= 0.6 is 0 Å². The van der Waals surface area contributed by atoms with Crippen LogP contribution in [0.4, 0.5) is 11.4 Å². The lowest BCUT2D eigenvalue weighted by atomic mass is 9.84. The van der Waals surface area contributed by atoms with E-state index >= 15 is 0 Å². The van der Waals surface area contributed by atoms with Gasteiger partial charge >= 0.3 is 0 Å². The van der Waals surface area contributed by atoms with Crippen molar-refractivity contribution in [2.45, 2.75) is 45.6 Å². The molecule has 2 atom stereocenters. The largest absolute Gasteiger partial charge is 0.378 e. The predicted octanol–water partition coefficient (Wildman–Crippen LogP) is 4.71. The maximum Gasteiger partial charge on any atom is 0.0495 e. The molecule has 1 N–H and O–H groups in total. The molecule has 2 heteroatoms. The normalized spacial score (nSPS) is 23.9. The Kier molecular flexibility index (Phi) is 3.19. The number of para-hydroxylation sites is 1. The number of hydrogen-bond acceptors (Lipinski definition) is 2. The van der Waals surface area contributed by atoms with Crippen molar-refractivity contribution in [3.8, 4) is 0 Å². The van der Waals surface area contributed by atoms with Gasteiger partial charge in [-0.2, -0.15) is 0 Å². The fourth-order valence-corrected chi connectivity index (χ4v) is 4.70.